The van der Waals surface area contributed by atoms with E-state index in [1.807, 2.05) is 0 Å². The maximum atomic E-state index is 10.9. The summed E-state index contributed by atoms with van der Waals surface area (Å²) in [5.74, 6) is 0.277. The van der Waals surface area contributed by atoms with E-state index in [0.717, 1.165) is 19.5 Å². The topological polar surface area (TPSA) is 20.3 Å². The number of Topliss-reactive ketones (excluding diaryl/α,β-unsaturated/α-hetero) is 1. The highest BCUT2D eigenvalue weighted by molar-refractivity contribution is 5.82. The van der Waals surface area contributed by atoms with Crippen LogP contribution in [0.4, 0.5) is 0 Å². The van der Waals surface area contributed by atoms with E-state index in [1.54, 1.807) is 6.92 Å². The zero-order valence-corrected chi connectivity index (χ0v) is 11.7. The fourth-order valence-electron chi connectivity index (χ4n) is 2.33. The first-order chi connectivity index (χ1) is 9.15. The molecule has 2 rings (SSSR count). The summed E-state index contributed by atoms with van der Waals surface area (Å²) in [6.07, 6.45) is 1.63. The van der Waals surface area contributed by atoms with Crippen molar-refractivity contribution >= 4 is 16.6 Å². The van der Waals surface area contributed by atoms with E-state index in [-0.39, 0.29) is 5.78 Å². The van der Waals surface area contributed by atoms with Crippen LogP contribution in [0.5, 0.6) is 0 Å². The molecule has 0 amide bonds. The molecule has 0 fully saturated rings. The third kappa shape index (κ3) is 4.18. The number of nitrogens with zero attached hydrogens (tertiary/aromatic N) is 1. The summed E-state index contributed by atoms with van der Waals surface area (Å²) in [5, 5.41) is 2.57. The summed E-state index contributed by atoms with van der Waals surface area (Å²) < 4.78 is 0. The number of hydrogen-bond acceptors (Lipinski definition) is 2. The predicted octanol–water partition coefficient (Wildman–Crippen LogP) is 3.64. The molecule has 0 radical (unpaired) electrons. The Morgan fingerprint density at radius 3 is 2.58 bits per heavy atom. The second-order valence-electron chi connectivity index (χ2n) is 5.22. The summed E-state index contributed by atoms with van der Waals surface area (Å²) in [4.78, 5) is 13.2. The first-order valence-corrected chi connectivity index (χ1v) is 6.81. The maximum Gasteiger partial charge on any atom is 0.129 e. The summed E-state index contributed by atoms with van der Waals surface area (Å²) in [5.41, 5.74) is 1.32. The minimum Gasteiger partial charge on any atom is -0.302 e. The first-order valence-electron chi connectivity index (χ1n) is 6.81. The van der Waals surface area contributed by atoms with Gasteiger partial charge < -0.3 is 9.69 Å². The molecule has 0 aliphatic heterocycles. The quantitative estimate of drug-likeness (QED) is 0.785. The lowest BCUT2D eigenvalue weighted by Crippen LogP contribution is -2.19. The summed E-state index contributed by atoms with van der Waals surface area (Å²) in [6.45, 7) is 3.55. The molecule has 2 nitrogen and oxygen atoms in total. The molecular weight excluding hydrogens is 234 g/mol. The molecule has 2 aromatic carbocycles. The van der Waals surface area contributed by atoms with Crippen molar-refractivity contribution in [2.24, 2.45) is 0 Å². The molecule has 0 aliphatic carbocycles. The molecule has 100 valence electrons. The van der Waals surface area contributed by atoms with Gasteiger partial charge in [0.2, 0.25) is 0 Å². The van der Waals surface area contributed by atoms with E-state index in [4.69, 9.17) is 0 Å². The number of hydrogen-bond donors (Lipinski definition) is 0. The van der Waals surface area contributed by atoms with Crippen LogP contribution < -0.4 is 0 Å². The van der Waals surface area contributed by atoms with E-state index in [2.05, 4.69) is 54.4 Å². The van der Waals surface area contributed by atoms with Gasteiger partial charge >= 0.3 is 0 Å². The molecule has 0 heterocycles. The lowest BCUT2D eigenvalue weighted by molar-refractivity contribution is -0.117. The zero-order chi connectivity index (χ0) is 13.7. The average molecular weight is 255 g/mol. The standard InChI is InChI=1S/C17H21NO/c1-14(19)6-5-11-18(2)13-15-9-10-16-7-3-4-8-17(16)12-15/h3-4,7-10,12H,5-6,11,13H2,1-2H3. The summed E-state index contributed by atoms with van der Waals surface area (Å²) in [7, 11) is 2.11. The average Bonchev–Trinajstić information content (AvgIpc) is 2.38. The Labute approximate surface area is 115 Å². The van der Waals surface area contributed by atoms with Crippen LogP contribution in [-0.2, 0) is 11.3 Å². The lowest BCUT2D eigenvalue weighted by atomic mass is 10.1. The van der Waals surface area contributed by atoms with Crippen molar-refractivity contribution in [3.63, 3.8) is 0 Å². The van der Waals surface area contributed by atoms with Gasteiger partial charge in [0.25, 0.3) is 0 Å². The van der Waals surface area contributed by atoms with Crippen molar-refractivity contribution < 1.29 is 4.79 Å². The molecule has 0 N–H and O–H groups in total. The van der Waals surface area contributed by atoms with Crippen molar-refractivity contribution in [3.05, 3.63) is 48.0 Å². The fraction of sp³-hybridized carbons (Fsp3) is 0.353. The maximum absolute atomic E-state index is 10.9. The second-order valence-corrected chi connectivity index (χ2v) is 5.22. The highest BCUT2D eigenvalue weighted by atomic mass is 16.1. The Morgan fingerprint density at radius 2 is 1.84 bits per heavy atom. The lowest BCUT2D eigenvalue weighted by Gasteiger charge is -2.16. The van der Waals surface area contributed by atoms with Gasteiger partial charge in [-0.25, -0.2) is 0 Å². The Bertz CT molecular complexity index is 562. The molecule has 0 aliphatic rings. The van der Waals surface area contributed by atoms with Gasteiger partial charge in [-0.2, -0.15) is 0 Å². The SMILES string of the molecule is CC(=O)CCCN(C)Cc1ccc2ccccc2c1. The molecular formula is C17H21NO. The van der Waals surface area contributed by atoms with Gasteiger partial charge in [-0.15, -0.1) is 0 Å². The Kier molecular flexibility index (Phi) is 4.69. The van der Waals surface area contributed by atoms with E-state index >= 15 is 0 Å². The van der Waals surface area contributed by atoms with Crippen molar-refractivity contribution in [1.29, 1.82) is 0 Å². The van der Waals surface area contributed by atoms with Crippen LogP contribution in [0.25, 0.3) is 10.8 Å². The van der Waals surface area contributed by atoms with Gasteiger partial charge in [0.1, 0.15) is 5.78 Å². The molecule has 0 saturated carbocycles. The van der Waals surface area contributed by atoms with Gasteiger partial charge in [-0.3, -0.25) is 0 Å². The fourth-order valence-corrected chi connectivity index (χ4v) is 2.33. The van der Waals surface area contributed by atoms with E-state index in [1.165, 1.54) is 16.3 Å². The highest BCUT2D eigenvalue weighted by Gasteiger charge is 2.02. The van der Waals surface area contributed by atoms with Crippen LogP contribution in [0.1, 0.15) is 25.3 Å². The predicted molar refractivity (Wildman–Crippen MR) is 80.2 cm³/mol. The number of carbonyl (C=O) groups excluding carboxylic acids is 1. The van der Waals surface area contributed by atoms with E-state index in [9.17, 15) is 4.79 Å². The Hall–Kier alpha value is -1.67. The number of ketones is 1. The smallest absolute Gasteiger partial charge is 0.129 e. The van der Waals surface area contributed by atoms with Crippen molar-refractivity contribution in [2.75, 3.05) is 13.6 Å². The van der Waals surface area contributed by atoms with Crippen LogP contribution in [0.2, 0.25) is 0 Å². The van der Waals surface area contributed by atoms with Crippen molar-refractivity contribution in [3.8, 4) is 0 Å². The molecule has 0 unspecified atom stereocenters. The molecule has 0 aromatic heterocycles. The van der Waals surface area contributed by atoms with Crippen molar-refractivity contribution in [1.82, 2.24) is 4.90 Å². The molecule has 2 aromatic rings. The van der Waals surface area contributed by atoms with Crippen LogP contribution in [0.15, 0.2) is 42.5 Å². The van der Waals surface area contributed by atoms with Gasteiger partial charge in [-0.05, 0) is 49.3 Å². The third-order valence-electron chi connectivity index (χ3n) is 3.34. The summed E-state index contributed by atoms with van der Waals surface area (Å²) >= 11 is 0. The van der Waals surface area contributed by atoms with E-state index in [0.29, 0.717) is 6.42 Å². The number of benzene rings is 2. The largest absolute Gasteiger partial charge is 0.302 e. The van der Waals surface area contributed by atoms with E-state index < -0.39 is 0 Å². The first kappa shape index (κ1) is 13.8. The molecule has 19 heavy (non-hydrogen) atoms. The number of fused-ring (bicyclic) bond motifs is 1. The van der Waals surface area contributed by atoms with Crippen LogP contribution in [0, 0.1) is 0 Å². The highest BCUT2D eigenvalue weighted by Crippen LogP contribution is 2.16. The molecule has 2 heteroatoms. The second kappa shape index (κ2) is 6.48. The van der Waals surface area contributed by atoms with Crippen LogP contribution in [-0.4, -0.2) is 24.3 Å². The summed E-state index contributed by atoms with van der Waals surface area (Å²) in [6, 6.07) is 15.0. The van der Waals surface area contributed by atoms with Gasteiger partial charge in [0, 0.05) is 13.0 Å². The van der Waals surface area contributed by atoms with Crippen LogP contribution >= 0.6 is 0 Å². The minimum atomic E-state index is 0.277. The number of carbonyl (C=O) groups is 1. The normalized spacial score (nSPS) is 11.1. The van der Waals surface area contributed by atoms with Crippen molar-refractivity contribution in [2.45, 2.75) is 26.3 Å². The monoisotopic (exact) mass is 255 g/mol. The van der Waals surface area contributed by atoms with Gasteiger partial charge in [0.15, 0.2) is 0 Å². The molecule has 0 bridgehead atoms. The zero-order valence-electron chi connectivity index (χ0n) is 11.7. The minimum absolute atomic E-state index is 0.277. The Balaban J connectivity index is 1.95. The van der Waals surface area contributed by atoms with Gasteiger partial charge in [-0.1, -0.05) is 36.4 Å². The Morgan fingerprint density at radius 1 is 1.11 bits per heavy atom. The van der Waals surface area contributed by atoms with Gasteiger partial charge in [0.05, 0.1) is 0 Å². The molecule has 0 saturated heterocycles. The third-order valence-corrected chi connectivity index (χ3v) is 3.34. The molecule has 0 spiro atoms. The number of rotatable bonds is 6. The molecule has 0 atom stereocenters. The van der Waals surface area contributed by atoms with Crippen LogP contribution in [0.3, 0.4) is 0 Å².